The van der Waals surface area contributed by atoms with Crippen molar-refractivity contribution in [2.45, 2.75) is 32.8 Å². The Kier molecular flexibility index (Phi) is 9.74. The van der Waals surface area contributed by atoms with Gasteiger partial charge in [0.05, 0.1) is 23.2 Å². The molecule has 0 unspecified atom stereocenters. The number of aliphatic carboxylic acids is 1. The Bertz CT molecular complexity index is 1390. The van der Waals surface area contributed by atoms with Crippen LogP contribution in [0.2, 0.25) is 0 Å². The Morgan fingerprint density at radius 2 is 2.00 bits per heavy atom. The molecule has 0 radical (unpaired) electrons. The van der Waals surface area contributed by atoms with Crippen LogP contribution in [0, 0.1) is 24.2 Å². The van der Waals surface area contributed by atoms with Crippen LogP contribution < -0.4 is 9.64 Å². The molecule has 1 N–H and O–H groups in total. The number of aromatic nitrogens is 1. The van der Waals surface area contributed by atoms with Gasteiger partial charge in [0, 0.05) is 62.5 Å². The molecule has 9 nitrogen and oxygen atoms in total. The number of piperidine rings is 1. The fourth-order valence-electron chi connectivity index (χ4n) is 4.68. The average Bonchev–Trinajstić information content (AvgIpc) is 3.46. The van der Waals surface area contributed by atoms with Crippen LogP contribution in [0.1, 0.15) is 46.3 Å². The number of anilines is 1. The van der Waals surface area contributed by atoms with Gasteiger partial charge in [0.1, 0.15) is 12.4 Å². The molecule has 1 amide bonds. The number of aryl methyl sites for hydroxylation is 1. The number of carbonyl (C=O) groups is 2. The monoisotopic (exact) mass is 562 g/mol. The maximum absolute atomic E-state index is 12.8. The maximum Gasteiger partial charge on any atom is 0.306 e. The van der Waals surface area contributed by atoms with E-state index < -0.39 is 5.97 Å². The van der Waals surface area contributed by atoms with Crippen molar-refractivity contribution < 1.29 is 24.2 Å². The van der Waals surface area contributed by atoms with Crippen molar-refractivity contribution in [3.8, 4) is 23.1 Å². The third-order valence-electron chi connectivity index (χ3n) is 7.07. The van der Waals surface area contributed by atoms with Gasteiger partial charge in [-0.05, 0) is 50.5 Å². The summed E-state index contributed by atoms with van der Waals surface area (Å²) in [6, 6.07) is 13.2. The molecular formula is C30H34N4O5S. The van der Waals surface area contributed by atoms with E-state index >= 15 is 0 Å². The van der Waals surface area contributed by atoms with Crippen molar-refractivity contribution in [3.05, 3.63) is 64.0 Å². The van der Waals surface area contributed by atoms with Crippen molar-refractivity contribution in [2.24, 2.45) is 5.92 Å². The zero-order valence-corrected chi connectivity index (χ0v) is 23.9. The molecule has 0 atom stereocenters. The summed E-state index contributed by atoms with van der Waals surface area (Å²) in [5.74, 6) is -0.520. The third-order valence-corrected chi connectivity index (χ3v) is 7.97. The van der Waals surface area contributed by atoms with E-state index in [1.165, 1.54) is 11.3 Å². The summed E-state index contributed by atoms with van der Waals surface area (Å²) in [5, 5.41) is 21.9. The smallest absolute Gasteiger partial charge is 0.306 e. The van der Waals surface area contributed by atoms with E-state index in [0.717, 1.165) is 28.4 Å². The first-order valence-electron chi connectivity index (χ1n) is 13.2. The SMILES string of the molecule is COCCCN(C)C(=O)c1ccc(COc2ccc(C)cc2-c2csc(N3CCC(C(=O)O)CC3)n2)c(C#N)c1. The standard InChI is InChI=1S/C30H34N4O5S/c1-20-5-8-27(25(15-20)26-19-40-30(32-26)34-12-9-21(10-13-34)29(36)37)39-18-23-7-6-22(16-24(23)17-31)28(35)33(2)11-4-14-38-3/h5-8,15-16,19,21H,4,9-14,18H2,1-3H3,(H,36,37). The Hall–Kier alpha value is -3.94. The summed E-state index contributed by atoms with van der Waals surface area (Å²) >= 11 is 1.53. The van der Waals surface area contributed by atoms with E-state index in [1.807, 2.05) is 30.5 Å². The van der Waals surface area contributed by atoms with Crippen LogP contribution in [0.3, 0.4) is 0 Å². The number of benzene rings is 2. The zero-order chi connectivity index (χ0) is 28.6. The second kappa shape index (κ2) is 13.4. The van der Waals surface area contributed by atoms with Crippen molar-refractivity contribution in [3.63, 3.8) is 0 Å². The molecule has 2 aromatic carbocycles. The summed E-state index contributed by atoms with van der Waals surface area (Å²) in [6.07, 6.45) is 1.95. The van der Waals surface area contributed by atoms with Gasteiger partial charge in [-0.1, -0.05) is 17.7 Å². The normalized spacial score (nSPS) is 13.6. The number of nitriles is 1. The lowest BCUT2D eigenvalue weighted by Gasteiger charge is -2.29. The summed E-state index contributed by atoms with van der Waals surface area (Å²) in [6.45, 7) is 4.64. The fourth-order valence-corrected chi connectivity index (χ4v) is 5.56. The highest BCUT2D eigenvalue weighted by Gasteiger charge is 2.26. The fraction of sp³-hybridized carbons (Fsp3) is 0.400. The molecule has 3 aromatic rings. The first kappa shape index (κ1) is 29.1. The number of hydrogen-bond acceptors (Lipinski definition) is 8. The van der Waals surface area contributed by atoms with Crippen molar-refractivity contribution in [2.75, 3.05) is 45.3 Å². The Morgan fingerprint density at radius 3 is 2.70 bits per heavy atom. The minimum absolute atomic E-state index is 0.146. The molecule has 1 aromatic heterocycles. The number of amides is 1. The summed E-state index contributed by atoms with van der Waals surface area (Å²) in [5.41, 5.74) is 4.24. The lowest BCUT2D eigenvalue weighted by atomic mass is 9.97. The largest absolute Gasteiger partial charge is 0.488 e. The number of rotatable bonds is 11. The van der Waals surface area contributed by atoms with Gasteiger partial charge in [-0.15, -0.1) is 11.3 Å². The number of nitrogens with zero attached hydrogens (tertiary/aromatic N) is 4. The van der Waals surface area contributed by atoms with Crippen LogP contribution >= 0.6 is 11.3 Å². The van der Waals surface area contributed by atoms with Crippen LogP contribution in [-0.4, -0.2) is 67.3 Å². The second-order valence-electron chi connectivity index (χ2n) is 9.96. The van der Waals surface area contributed by atoms with E-state index in [4.69, 9.17) is 14.5 Å². The number of ether oxygens (including phenoxy) is 2. The number of carbonyl (C=O) groups excluding carboxylic acids is 1. The van der Waals surface area contributed by atoms with Crippen molar-refractivity contribution in [1.82, 2.24) is 9.88 Å². The van der Waals surface area contributed by atoms with Crippen LogP contribution in [0.5, 0.6) is 5.75 Å². The van der Waals surface area contributed by atoms with E-state index in [0.29, 0.717) is 61.5 Å². The number of hydrogen-bond donors (Lipinski definition) is 1. The predicted molar refractivity (Wildman–Crippen MR) is 154 cm³/mol. The van der Waals surface area contributed by atoms with Gasteiger partial charge in [0.15, 0.2) is 5.13 Å². The molecule has 40 heavy (non-hydrogen) atoms. The summed E-state index contributed by atoms with van der Waals surface area (Å²) in [7, 11) is 3.37. The van der Waals surface area contributed by atoms with E-state index in [1.54, 1.807) is 37.3 Å². The van der Waals surface area contributed by atoms with Gasteiger partial charge in [-0.3, -0.25) is 9.59 Å². The predicted octanol–water partition coefficient (Wildman–Crippen LogP) is 4.98. The summed E-state index contributed by atoms with van der Waals surface area (Å²) in [4.78, 5) is 32.7. The Labute approximate surface area is 238 Å². The van der Waals surface area contributed by atoms with Crippen LogP contribution in [0.4, 0.5) is 5.13 Å². The average molecular weight is 563 g/mol. The number of thiazole rings is 1. The summed E-state index contributed by atoms with van der Waals surface area (Å²) < 4.78 is 11.3. The van der Waals surface area contributed by atoms with Crippen LogP contribution in [0.25, 0.3) is 11.3 Å². The molecule has 0 bridgehead atoms. The van der Waals surface area contributed by atoms with Gasteiger partial charge in [0.25, 0.3) is 5.91 Å². The molecule has 0 aliphatic carbocycles. The molecule has 1 fully saturated rings. The van der Waals surface area contributed by atoms with Crippen molar-refractivity contribution in [1.29, 1.82) is 5.26 Å². The van der Waals surface area contributed by atoms with E-state index in [-0.39, 0.29) is 18.4 Å². The topological polar surface area (TPSA) is 116 Å². The Morgan fingerprint density at radius 1 is 1.23 bits per heavy atom. The zero-order valence-electron chi connectivity index (χ0n) is 23.1. The minimum Gasteiger partial charge on any atom is -0.488 e. The van der Waals surface area contributed by atoms with Gasteiger partial charge in [-0.2, -0.15) is 5.26 Å². The molecule has 4 rings (SSSR count). The molecule has 1 saturated heterocycles. The number of methoxy groups -OCH3 is 1. The first-order valence-corrected chi connectivity index (χ1v) is 14.1. The molecular weight excluding hydrogens is 528 g/mol. The first-order chi connectivity index (χ1) is 19.3. The molecule has 2 heterocycles. The van der Waals surface area contributed by atoms with Crippen LogP contribution in [-0.2, 0) is 16.1 Å². The molecule has 210 valence electrons. The Balaban J connectivity index is 1.47. The van der Waals surface area contributed by atoms with Crippen LogP contribution in [0.15, 0.2) is 41.8 Å². The second-order valence-corrected chi connectivity index (χ2v) is 10.8. The molecule has 0 saturated carbocycles. The quantitative estimate of drug-likeness (QED) is 0.326. The molecule has 0 spiro atoms. The molecule has 1 aliphatic rings. The maximum atomic E-state index is 12.8. The molecule has 10 heteroatoms. The van der Waals surface area contributed by atoms with Crippen molar-refractivity contribution >= 4 is 28.3 Å². The van der Waals surface area contributed by atoms with E-state index in [9.17, 15) is 20.0 Å². The third kappa shape index (κ3) is 6.97. The van der Waals surface area contributed by atoms with Gasteiger partial charge in [-0.25, -0.2) is 4.98 Å². The number of carboxylic acids is 1. The van der Waals surface area contributed by atoms with E-state index in [2.05, 4.69) is 11.0 Å². The highest BCUT2D eigenvalue weighted by atomic mass is 32.1. The van der Waals surface area contributed by atoms with Gasteiger partial charge >= 0.3 is 5.97 Å². The lowest BCUT2D eigenvalue weighted by molar-refractivity contribution is -0.142. The van der Waals surface area contributed by atoms with Gasteiger partial charge in [0.2, 0.25) is 0 Å². The highest BCUT2D eigenvalue weighted by Crippen LogP contribution is 2.36. The lowest BCUT2D eigenvalue weighted by Crippen LogP contribution is -2.36. The van der Waals surface area contributed by atoms with Gasteiger partial charge < -0.3 is 24.4 Å². The molecule has 1 aliphatic heterocycles. The minimum atomic E-state index is -0.730. The highest BCUT2D eigenvalue weighted by molar-refractivity contribution is 7.14. The number of carboxylic acid groups (broad SMARTS) is 1.